The normalized spacial score (nSPS) is 10.9. The maximum absolute atomic E-state index is 13.2. The van der Waals surface area contributed by atoms with Crippen molar-refractivity contribution in [3.05, 3.63) is 33.4 Å². The largest absolute Gasteiger partial charge is 0.477 e. The maximum Gasteiger partial charge on any atom is 0.346 e. The van der Waals surface area contributed by atoms with Crippen LogP contribution in [0.5, 0.6) is 0 Å². The lowest BCUT2D eigenvalue weighted by Crippen LogP contribution is -1.93. The summed E-state index contributed by atoms with van der Waals surface area (Å²) in [5, 5.41) is 9.51. The van der Waals surface area contributed by atoms with Crippen molar-refractivity contribution in [3.8, 4) is 0 Å². The maximum atomic E-state index is 13.2. The van der Waals surface area contributed by atoms with E-state index in [0.29, 0.717) is 15.6 Å². The number of fused-ring (bicyclic) bond motifs is 1. The minimum Gasteiger partial charge on any atom is -0.477 e. The number of hydrogen-bond acceptors (Lipinski definition) is 2. The SMILES string of the molecule is Cc1c(C(=O)O)sc2cc(Cl)c(F)cc12. The summed E-state index contributed by atoms with van der Waals surface area (Å²) in [4.78, 5) is 11.1. The molecular weight excluding hydrogens is 239 g/mol. The van der Waals surface area contributed by atoms with Gasteiger partial charge in [-0.15, -0.1) is 11.3 Å². The quantitative estimate of drug-likeness (QED) is 0.831. The highest BCUT2D eigenvalue weighted by molar-refractivity contribution is 7.21. The molecule has 0 saturated heterocycles. The Morgan fingerprint density at radius 3 is 2.80 bits per heavy atom. The number of hydrogen-bond donors (Lipinski definition) is 1. The van der Waals surface area contributed by atoms with E-state index in [9.17, 15) is 9.18 Å². The van der Waals surface area contributed by atoms with Gasteiger partial charge in [0.05, 0.1) is 5.02 Å². The summed E-state index contributed by atoms with van der Waals surface area (Å²) in [6.07, 6.45) is 0. The number of rotatable bonds is 1. The number of carboxylic acids is 1. The fourth-order valence-electron chi connectivity index (χ4n) is 1.42. The molecule has 1 N–H and O–H groups in total. The molecular formula is C10H6ClFO2S. The summed E-state index contributed by atoms with van der Waals surface area (Å²) in [6.45, 7) is 1.66. The first kappa shape index (κ1) is 10.4. The van der Waals surface area contributed by atoms with Crippen LogP contribution in [-0.4, -0.2) is 11.1 Å². The number of aryl methyl sites for hydroxylation is 1. The van der Waals surface area contributed by atoms with Crippen LogP contribution in [0.4, 0.5) is 4.39 Å². The summed E-state index contributed by atoms with van der Waals surface area (Å²) in [5.41, 5.74) is 0.582. The lowest BCUT2D eigenvalue weighted by molar-refractivity contribution is 0.0701. The Morgan fingerprint density at radius 1 is 1.53 bits per heavy atom. The van der Waals surface area contributed by atoms with E-state index in [1.165, 1.54) is 12.1 Å². The van der Waals surface area contributed by atoms with Crippen LogP contribution in [0.1, 0.15) is 15.2 Å². The van der Waals surface area contributed by atoms with Crippen molar-refractivity contribution in [2.75, 3.05) is 0 Å². The molecule has 2 nitrogen and oxygen atoms in total. The molecule has 0 amide bonds. The summed E-state index contributed by atoms with van der Waals surface area (Å²) >= 11 is 6.72. The summed E-state index contributed by atoms with van der Waals surface area (Å²) in [7, 11) is 0. The molecule has 1 aromatic carbocycles. The number of benzene rings is 1. The van der Waals surface area contributed by atoms with Gasteiger partial charge in [-0.2, -0.15) is 0 Å². The lowest BCUT2D eigenvalue weighted by Gasteiger charge is -1.95. The highest BCUT2D eigenvalue weighted by atomic mass is 35.5. The molecule has 5 heteroatoms. The van der Waals surface area contributed by atoms with Gasteiger partial charge in [0.1, 0.15) is 10.7 Å². The number of carboxylic acid groups (broad SMARTS) is 1. The van der Waals surface area contributed by atoms with E-state index >= 15 is 0 Å². The minimum atomic E-state index is -0.995. The third-order valence-electron chi connectivity index (χ3n) is 2.17. The van der Waals surface area contributed by atoms with Crippen LogP contribution in [0.3, 0.4) is 0 Å². The number of carbonyl (C=O) groups is 1. The van der Waals surface area contributed by atoms with Gasteiger partial charge in [0.25, 0.3) is 0 Å². The first-order chi connectivity index (χ1) is 7.00. The predicted molar refractivity (Wildman–Crippen MR) is 58.5 cm³/mol. The van der Waals surface area contributed by atoms with Crippen LogP contribution in [-0.2, 0) is 0 Å². The van der Waals surface area contributed by atoms with E-state index in [1.807, 2.05) is 0 Å². The predicted octanol–water partition coefficient (Wildman–Crippen LogP) is 3.70. The molecule has 0 radical (unpaired) electrons. The average molecular weight is 245 g/mol. The van der Waals surface area contributed by atoms with Crippen LogP contribution in [0.2, 0.25) is 5.02 Å². The Hall–Kier alpha value is -1.13. The summed E-state index contributed by atoms with van der Waals surface area (Å²) < 4.78 is 13.9. The molecule has 2 aromatic rings. The molecule has 1 aromatic heterocycles. The fraction of sp³-hybridized carbons (Fsp3) is 0.100. The van der Waals surface area contributed by atoms with Gasteiger partial charge in [0, 0.05) is 4.70 Å². The first-order valence-corrected chi connectivity index (χ1v) is 5.31. The zero-order valence-electron chi connectivity index (χ0n) is 7.67. The van der Waals surface area contributed by atoms with Crippen LogP contribution in [0.25, 0.3) is 10.1 Å². The smallest absolute Gasteiger partial charge is 0.346 e. The molecule has 2 rings (SSSR count). The van der Waals surface area contributed by atoms with Gasteiger partial charge in [-0.05, 0) is 30.0 Å². The van der Waals surface area contributed by atoms with Crippen LogP contribution in [0, 0.1) is 12.7 Å². The zero-order chi connectivity index (χ0) is 11.2. The van der Waals surface area contributed by atoms with Gasteiger partial charge in [-0.1, -0.05) is 11.6 Å². The van der Waals surface area contributed by atoms with Crippen molar-refractivity contribution < 1.29 is 14.3 Å². The zero-order valence-corrected chi connectivity index (χ0v) is 9.25. The van der Waals surface area contributed by atoms with Crippen molar-refractivity contribution in [3.63, 3.8) is 0 Å². The molecule has 0 aliphatic rings. The third kappa shape index (κ3) is 1.60. The van der Waals surface area contributed by atoms with E-state index in [2.05, 4.69) is 0 Å². The fourth-order valence-corrected chi connectivity index (χ4v) is 2.72. The second-order valence-corrected chi connectivity index (χ2v) is 4.58. The Labute approximate surface area is 93.9 Å². The Kier molecular flexibility index (Phi) is 2.40. The van der Waals surface area contributed by atoms with Gasteiger partial charge in [-0.25, -0.2) is 9.18 Å². The highest BCUT2D eigenvalue weighted by Gasteiger charge is 2.15. The molecule has 15 heavy (non-hydrogen) atoms. The van der Waals surface area contributed by atoms with Crippen molar-refractivity contribution in [2.24, 2.45) is 0 Å². The van der Waals surface area contributed by atoms with Crippen LogP contribution in [0.15, 0.2) is 12.1 Å². The van der Waals surface area contributed by atoms with E-state index < -0.39 is 11.8 Å². The van der Waals surface area contributed by atoms with Crippen molar-refractivity contribution in [2.45, 2.75) is 6.92 Å². The number of halogens is 2. The van der Waals surface area contributed by atoms with E-state index in [0.717, 1.165) is 11.3 Å². The van der Waals surface area contributed by atoms with Crippen LogP contribution >= 0.6 is 22.9 Å². The van der Waals surface area contributed by atoms with Gasteiger partial charge >= 0.3 is 5.97 Å². The molecule has 1 heterocycles. The molecule has 0 bridgehead atoms. The first-order valence-electron chi connectivity index (χ1n) is 4.12. The number of thiophene rings is 1. The van der Waals surface area contributed by atoms with Gasteiger partial charge < -0.3 is 5.11 Å². The summed E-state index contributed by atoms with van der Waals surface area (Å²) in [6, 6.07) is 2.73. The van der Waals surface area contributed by atoms with Crippen molar-refractivity contribution in [1.29, 1.82) is 0 Å². The number of aromatic carboxylic acids is 1. The molecule has 0 atom stereocenters. The topological polar surface area (TPSA) is 37.3 Å². The lowest BCUT2D eigenvalue weighted by atomic mass is 10.1. The molecule has 78 valence electrons. The second-order valence-electron chi connectivity index (χ2n) is 3.12. The molecule has 0 unspecified atom stereocenters. The van der Waals surface area contributed by atoms with E-state index in [-0.39, 0.29) is 9.90 Å². The summed E-state index contributed by atoms with van der Waals surface area (Å²) in [5.74, 6) is -1.52. The molecule has 0 aliphatic heterocycles. The molecule has 0 fully saturated rings. The highest BCUT2D eigenvalue weighted by Crippen LogP contribution is 2.33. The van der Waals surface area contributed by atoms with Crippen LogP contribution < -0.4 is 0 Å². The third-order valence-corrected chi connectivity index (χ3v) is 3.71. The van der Waals surface area contributed by atoms with E-state index in [1.54, 1.807) is 6.92 Å². The monoisotopic (exact) mass is 244 g/mol. The molecule has 0 saturated carbocycles. The standard InChI is InChI=1S/C10H6ClFO2S/c1-4-5-2-7(12)6(11)3-8(5)15-9(4)10(13)14/h2-3H,1H3,(H,13,14). The van der Waals surface area contributed by atoms with Gasteiger partial charge in [-0.3, -0.25) is 0 Å². The Balaban J connectivity index is 2.83. The average Bonchev–Trinajstić information content (AvgIpc) is 2.46. The molecule has 0 spiro atoms. The second kappa shape index (κ2) is 3.47. The van der Waals surface area contributed by atoms with Gasteiger partial charge in [0.15, 0.2) is 0 Å². The van der Waals surface area contributed by atoms with Crippen molar-refractivity contribution in [1.82, 2.24) is 0 Å². The van der Waals surface area contributed by atoms with Crippen molar-refractivity contribution >= 4 is 39.0 Å². The minimum absolute atomic E-state index is 0.0145. The Bertz CT molecular complexity index is 562. The molecule has 0 aliphatic carbocycles. The Morgan fingerprint density at radius 2 is 2.20 bits per heavy atom. The van der Waals surface area contributed by atoms with E-state index in [4.69, 9.17) is 16.7 Å². The van der Waals surface area contributed by atoms with Gasteiger partial charge in [0.2, 0.25) is 0 Å².